The van der Waals surface area contributed by atoms with E-state index in [2.05, 4.69) is 15.2 Å². The number of carbonyl (C=O) groups is 3. The van der Waals surface area contributed by atoms with Gasteiger partial charge in [-0.25, -0.2) is 4.98 Å². The highest BCUT2D eigenvalue weighted by Gasteiger charge is 2.25. The van der Waals surface area contributed by atoms with E-state index < -0.39 is 0 Å². The number of piperazine rings is 1. The fraction of sp³-hybridized carbons (Fsp3) is 0.385. The SMILES string of the molecule is COc1ccccc1N1CCN(C(=O)Cc2csc(NC(=O)CN(C(=O)c3ccco3)C(C)C)n2)CC1. The number of thiazole rings is 1. The number of hydrogen-bond acceptors (Lipinski definition) is 8. The fourth-order valence-corrected chi connectivity index (χ4v) is 4.87. The lowest BCUT2D eigenvalue weighted by Gasteiger charge is -2.36. The minimum absolute atomic E-state index is 0.00196. The minimum Gasteiger partial charge on any atom is -0.495 e. The van der Waals surface area contributed by atoms with Gasteiger partial charge in [0.1, 0.15) is 12.3 Å². The number of hydrogen-bond donors (Lipinski definition) is 1. The van der Waals surface area contributed by atoms with E-state index in [0.29, 0.717) is 37.0 Å². The average molecular weight is 526 g/mol. The molecule has 3 amide bonds. The number of benzene rings is 1. The van der Waals surface area contributed by atoms with Gasteiger partial charge in [0, 0.05) is 37.6 Å². The molecule has 4 rings (SSSR count). The van der Waals surface area contributed by atoms with E-state index in [1.54, 1.807) is 24.6 Å². The van der Waals surface area contributed by atoms with Crippen LogP contribution in [-0.4, -0.2) is 78.4 Å². The van der Waals surface area contributed by atoms with Gasteiger partial charge in [0.2, 0.25) is 11.8 Å². The molecule has 196 valence electrons. The Morgan fingerprint density at radius 2 is 1.89 bits per heavy atom. The van der Waals surface area contributed by atoms with Crippen molar-refractivity contribution in [2.24, 2.45) is 0 Å². The van der Waals surface area contributed by atoms with Crippen LogP contribution in [0, 0.1) is 0 Å². The van der Waals surface area contributed by atoms with Crippen molar-refractivity contribution < 1.29 is 23.5 Å². The first kappa shape index (κ1) is 26.2. The van der Waals surface area contributed by atoms with Crippen LogP contribution in [0.1, 0.15) is 30.1 Å². The Morgan fingerprint density at radius 3 is 2.57 bits per heavy atom. The molecule has 1 aromatic carbocycles. The lowest BCUT2D eigenvalue weighted by Crippen LogP contribution is -2.49. The number of methoxy groups -OCH3 is 1. The van der Waals surface area contributed by atoms with Gasteiger partial charge in [-0.3, -0.25) is 14.4 Å². The molecule has 0 unspecified atom stereocenters. The van der Waals surface area contributed by atoms with Gasteiger partial charge in [-0.05, 0) is 38.1 Å². The van der Waals surface area contributed by atoms with Crippen LogP contribution >= 0.6 is 11.3 Å². The highest BCUT2D eigenvalue weighted by molar-refractivity contribution is 7.13. The van der Waals surface area contributed by atoms with Gasteiger partial charge in [-0.1, -0.05) is 12.1 Å². The number of nitrogens with one attached hydrogen (secondary N) is 1. The lowest BCUT2D eigenvalue weighted by atomic mass is 10.2. The van der Waals surface area contributed by atoms with Crippen molar-refractivity contribution in [2.75, 3.05) is 50.1 Å². The zero-order valence-corrected chi connectivity index (χ0v) is 22.0. The Labute approximate surface area is 219 Å². The van der Waals surface area contributed by atoms with E-state index >= 15 is 0 Å². The second-order valence-corrected chi connectivity index (χ2v) is 9.77. The minimum atomic E-state index is -0.367. The second-order valence-electron chi connectivity index (χ2n) is 8.91. The summed E-state index contributed by atoms with van der Waals surface area (Å²) in [6.45, 7) is 6.18. The van der Waals surface area contributed by atoms with Gasteiger partial charge < -0.3 is 29.2 Å². The molecular formula is C26H31N5O5S. The van der Waals surface area contributed by atoms with Crippen LogP contribution < -0.4 is 15.0 Å². The monoisotopic (exact) mass is 525 g/mol. The Hall–Kier alpha value is -3.86. The molecule has 0 radical (unpaired) electrons. The molecule has 0 aliphatic carbocycles. The van der Waals surface area contributed by atoms with Gasteiger partial charge in [0.25, 0.3) is 5.91 Å². The van der Waals surface area contributed by atoms with Crippen LogP contribution in [0.25, 0.3) is 0 Å². The summed E-state index contributed by atoms with van der Waals surface area (Å²) in [6, 6.07) is 10.9. The zero-order chi connectivity index (χ0) is 26.4. The third-order valence-electron chi connectivity index (χ3n) is 6.12. The molecule has 1 aliphatic rings. The molecule has 3 heterocycles. The average Bonchev–Trinajstić information content (AvgIpc) is 3.59. The molecule has 11 heteroatoms. The van der Waals surface area contributed by atoms with Gasteiger partial charge >= 0.3 is 0 Å². The van der Waals surface area contributed by atoms with Gasteiger partial charge in [0.15, 0.2) is 10.9 Å². The van der Waals surface area contributed by atoms with E-state index in [4.69, 9.17) is 9.15 Å². The number of aromatic nitrogens is 1. The van der Waals surface area contributed by atoms with Crippen LogP contribution in [0.4, 0.5) is 10.8 Å². The van der Waals surface area contributed by atoms with E-state index in [0.717, 1.165) is 11.4 Å². The number of carbonyl (C=O) groups excluding carboxylic acids is 3. The molecule has 1 aliphatic heterocycles. The van der Waals surface area contributed by atoms with E-state index in [1.165, 1.54) is 22.5 Å². The summed E-state index contributed by atoms with van der Waals surface area (Å²) >= 11 is 1.25. The molecule has 1 saturated heterocycles. The highest BCUT2D eigenvalue weighted by atomic mass is 32.1. The molecule has 0 bridgehead atoms. The maximum atomic E-state index is 12.9. The molecule has 10 nitrogen and oxygen atoms in total. The normalized spacial score (nSPS) is 13.5. The summed E-state index contributed by atoms with van der Waals surface area (Å²) < 4.78 is 10.6. The zero-order valence-electron chi connectivity index (χ0n) is 21.2. The van der Waals surface area contributed by atoms with Crippen LogP contribution in [0.3, 0.4) is 0 Å². The highest BCUT2D eigenvalue weighted by Crippen LogP contribution is 2.28. The number of anilines is 2. The Morgan fingerprint density at radius 1 is 1.14 bits per heavy atom. The van der Waals surface area contributed by atoms with Crippen molar-refractivity contribution >= 4 is 39.9 Å². The van der Waals surface area contributed by atoms with Gasteiger partial charge in [0.05, 0.1) is 31.2 Å². The maximum absolute atomic E-state index is 12.9. The number of ether oxygens (including phenoxy) is 1. The number of rotatable bonds is 9. The number of para-hydroxylation sites is 2. The molecule has 0 saturated carbocycles. The van der Waals surface area contributed by atoms with Crippen molar-refractivity contribution in [3.05, 3.63) is 59.5 Å². The van der Waals surface area contributed by atoms with E-state index in [1.807, 2.05) is 43.0 Å². The summed E-state index contributed by atoms with van der Waals surface area (Å²) in [7, 11) is 1.66. The van der Waals surface area contributed by atoms with Crippen LogP contribution in [0.15, 0.2) is 52.5 Å². The van der Waals surface area contributed by atoms with E-state index in [9.17, 15) is 14.4 Å². The Balaban J connectivity index is 1.27. The maximum Gasteiger partial charge on any atom is 0.290 e. The molecule has 1 fully saturated rings. The topological polar surface area (TPSA) is 108 Å². The first-order valence-electron chi connectivity index (χ1n) is 12.1. The molecular weight excluding hydrogens is 494 g/mol. The standard InChI is InChI=1S/C26H31N5O5S/c1-18(2)31(25(34)22-9-6-14-36-22)16-23(32)28-26-27-19(17-37-26)15-24(33)30-12-10-29(11-13-30)20-7-4-5-8-21(20)35-3/h4-9,14,17-18H,10-13,15-16H2,1-3H3,(H,27,28,32). The van der Waals surface area contributed by atoms with Crippen molar-refractivity contribution in [1.29, 1.82) is 0 Å². The summed E-state index contributed by atoms with van der Waals surface area (Å²) in [5.41, 5.74) is 1.63. The largest absolute Gasteiger partial charge is 0.495 e. The lowest BCUT2D eigenvalue weighted by molar-refractivity contribution is -0.130. The predicted molar refractivity (Wildman–Crippen MR) is 141 cm³/mol. The summed E-state index contributed by atoms with van der Waals surface area (Å²) in [5, 5.41) is 4.90. The van der Waals surface area contributed by atoms with Crippen molar-refractivity contribution in [3.63, 3.8) is 0 Å². The van der Waals surface area contributed by atoms with Gasteiger partial charge in [-0.2, -0.15) is 0 Å². The van der Waals surface area contributed by atoms with Crippen LogP contribution in [0.2, 0.25) is 0 Å². The quantitative estimate of drug-likeness (QED) is 0.457. The Bertz CT molecular complexity index is 1220. The van der Waals surface area contributed by atoms with Crippen molar-refractivity contribution in [3.8, 4) is 5.75 Å². The molecule has 0 spiro atoms. The molecule has 1 N–H and O–H groups in total. The van der Waals surface area contributed by atoms with Crippen LogP contribution in [-0.2, 0) is 16.0 Å². The van der Waals surface area contributed by atoms with E-state index in [-0.39, 0.29) is 42.5 Å². The summed E-state index contributed by atoms with van der Waals surface area (Å²) in [4.78, 5) is 48.0. The van der Waals surface area contributed by atoms with Crippen molar-refractivity contribution in [2.45, 2.75) is 26.3 Å². The molecule has 37 heavy (non-hydrogen) atoms. The van der Waals surface area contributed by atoms with Crippen molar-refractivity contribution in [1.82, 2.24) is 14.8 Å². The third kappa shape index (κ3) is 6.48. The second kappa shape index (κ2) is 11.9. The first-order valence-corrected chi connectivity index (χ1v) is 13.0. The smallest absolute Gasteiger partial charge is 0.290 e. The predicted octanol–water partition coefficient (Wildman–Crippen LogP) is 3.13. The molecule has 2 aromatic heterocycles. The number of nitrogens with zero attached hydrogens (tertiary/aromatic N) is 4. The molecule has 3 aromatic rings. The fourth-order valence-electron chi connectivity index (χ4n) is 4.14. The Kier molecular flexibility index (Phi) is 8.44. The summed E-state index contributed by atoms with van der Waals surface area (Å²) in [5.74, 6) is 0.277. The first-order chi connectivity index (χ1) is 17.9. The third-order valence-corrected chi connectivity index (χ3v) is 6.93. The number of amides is 3. The summed E-state index contributed by atoms with van der Waals surface area (Å²) in [6.07, 6.45) is 1.58. The number of furan rings is 1. The van der Waals surface area contributed by atoms with Gasteiger partial charge in [-0.15, -0.1) is 11.3 Å². The van der Waals surface area contributed by atoms with Crippen LogP contribution in [0.5, 0.6) is 5.75 Å². The molecule has 0 atom stereocenters.